The molecule has 0 aromatic carbocycles. The first-order valence-electron chi connectivity index (χ1n) is 10.9. The molecule has 0 fully saturated rings. The van der Waals surface area contributed by atoms with Crippen molar-refractivity contribution in [1.82, 2.24) is 30.5 Å². The van der Waals surface area contributed by atoms with E-state index >= 15 is 0 Å². The van der Waals surface area contributed by atoms with Crippen LogP contribution in [0.25, 0.3) is 16.6 Å². The normalized spacial score (nSPS) is 11.5. The number of rotatable bonds is 9. The van der Waals surface area contributed by atoms with E-state index in [0.717, 1.165) is 16.6 Å². The van der Waals surface area contributed by atoms with E-state index in [1.165, 1.54) is 0 Å². The molecule has 9 heteroatoms. The molecule has 0 aliphatic heterocycles. The Labute approximate surface area is 197 Å². The number of pyridine rings is 3. The summed E-state index contributed by atoms with van der Waals surface area (Å²) in [6.45, 7) is 4.33. The molecule has 0 unspecified atom stereocenters. The van der Waals surface area contributed by atoms with Crippen LogP contribution in [0.5, 0.6) is 5.75 Å². The van der Waals surface area contributed by atoms with E-state index in [1.54, 1.807) is 50.2 Å². The van der Waals surface area contributed by atoms with Crippen molar-refractivity contribution in [1.29, 1.82) is 5.41 Å². The highest BCUT2D eigenvalue weighted by Gasteiger charge is 2.12. The zero-order chi connectivity index (χ0) is 23.9. The number of aromatic nitrogens is 5. The number of ether oxygens (including phenoxy) is 1. The van der Waals surface area contributed by atoms with Gasteiger partial charge in [-0.05, 0) is 47.9 Å². The van der Waals surface area contributed by atoms with Gasteiger partial charge in [0.2, 0.25) is 0 Å². The molecule has 0 spiro atoms. The third kappa shape index (κ3) is 5.50. The lowest BCUT2D eigenvalue weighted by atomic mass is 10.0. The molecule has 4 rings (SSSR count). The van der Waals surface area contributed by atoms with Crippen LogP contribution in [0.2, 0.25) is 0 Å². The van der Waals surface area contributed by atoms with Crippen molar-refractivity contribution < 1.29 is 4.74 Å². The third-order valence-electron chi connectivity index (χ3n) is 5.09. The minimum atomic E-state index is 0.107. The number of hydrogen-bond acceptors (Lipinski definition) is 9. The highest BCUT2D eigenvalue weighted by Crippen LogP contribution is 2.23. The van der Waals surface area contributed by atoms with Crippen LogP contribution in [0.15, 0.2) is 67.4 Å². The maximum Gasteiger partial charge on any atom is 0.154 e. The average Bonchev–Trinajstić information content (AvgIpc) is 2.86. The smallest absolute Gasteiger partial charge is 0.154 e. The van der Waals surface area contributed by atoms with Gasteiger partial charge in [0.05, 0.1) is 22.9 Å². The van der Waals surface area contributed by atoms with Crippen molar-refractivity contribution in [2.24, 2.45) is 0 Å². The summed E-state index contributed by atoms with van der Waals surface area (Å²) in [6.07, 6.45) is 8.56. The standard InChI is InChI=1S/C25H26N8O/c1-16(2)17-11-25(33-30-13-17)32-24-5-4-22-23(31-24)10-18(12-29-22)20(14-27-3)21(26)15-34-19-6-8-28-9-7-19/h4-14,16,26-27H,15H2,1-3H3,(H,31,32,33)/b20-14-,26-21?. The molecular weight excluding hydrogens is 428 g/mol. The highest BCUT2D eigenvalue weighted by molar-refractivity contribution is 6.23. The summed E-state index contributed by atoms with van der Waals surface area (Å²) in [5, 5.41) is 23.0. The number of nitrogens with zero attached hydrogens (tertiary/aromatic N) is 5. The maximum atomic E-state index is 8.56. The molecule has 0 saturated heterocycles. The van der Waals surface area contributed by atoms with Gasteiger partial charge in [0.15, 0.2) is 5.82 Å². The fourth-order valence-electron chi connectivity index (χ4n) is 3.27. The minimum Gasteiger partial charge on any atom is -0.487 e. The lowest BCUT2D eigenvalue weighted by Gasteiger charge is -2.12. The van der Waals surface area contributed by atoms with Crippen molar-refractivity contribution in [3.8, 4) is 5.75 Å². The molecule has 4 heterocycles. The molecule has 0 saturated carbocycles. The fourth-order valence-corrected chi connectivity index (χ4v) is 3.27. The zero-order valence-electron chi connectivity index (χ0n) is 19.3. The number of hydrogen-bond donors (Lipinski definition) is 3. The minimum absolute atomic E-state index is 0.107. The summed E-state index contributed by atoms with van der Waals surface area (Å²) in [4.78, 5) is 13.2. The van der Waals surface area contributed by atoms with Crippen LogP contribution in [-0.4, -0.2) is 44.5 Å². The van der Waals surface area contributed by atoms with E-state index in [0.29, 0.717) is 40.1 Å². The molecule has 9 nitrogen and oxygen atoms in total. The third-order valence-corrected chi connectivity index (χ3v) is 5.09. The number of nitrogens with one attached hydrogen (secondary N) is 3. The first-order chi connectivity index (χ1) is 16.5. The Kier molecular flexibility index (Phi) is 7.02. The fraction of sp³-hybridized carbons (Fsp3) is 0.200. The summed E-state index contributed by atoms with van der Waals surface area (Å²) in [6, 6.07) is 11.1. The van der Waals surface area contributed by atoms with E-state index in [-0.39, 0.29) is 6.61 Å². The van der Waals surface area contributed by atoms with Crippen molar-refractivity contribution in [3.05, 3.63) is 78.5 Å². The predicted octanol–water partition coefficient (Wildman–Crippen LogP) is 4.34. The predicted molar refractivity (Wildman–Crippen MR) is 133 cm³/mol. The van der Waals surface area contributed by atoms with Gasteiger partial charge in [-0.2, -0.15) is 5.10 Å². The Hall–Kier alpha value is -4.40. The Morgan fingerprint density at radius 1 is 1.06 bits per heavy atom. The quantitative estimate of drug-likeness (QED) is 0.319. The number of anilines is 2. The zero-order valence-corrected chi connectivity index (χ0v) is 19.3. The van der Waals surface area contributed by atoms with E-state index in [9.17, 15) is 0 Å². The van der Waals surface area contributed by atoms with Crippen LogP contribution in [0.4, 0.5) is 11.6 Å². The first-order valence-corrected chi connectivity index (χ1v) is 10.9. The van der Waals surface area contributed by atoms with Gasteiger partial charge in [-0.3, -0.25) is 9.97 Å². The molecule has 0 radical (unpaired) electrons. The Morgan fingerprint density at radius 3 is 2.65 bits per heavy atom. The molecule has 172 valence electrons. The molecule has 4 aromatic rings. The molecule has 34 heavy (non-hydrogen) atoms. The molecule has 4 aromatic heterocycles. The van der Waals surface area contributed by atoms with Crippen LogP contribution in [-0.2, 0) is 0 Å². The van der Waals surface area contributed by atoms with Crippen molar-refractivity contribution >= 4 is 34.0 Å². The van der Waals surface area contributed by atoms with Gasteiger partial charge < -0.3 is 20.8 Å². The second kappa shape index (κ2) is 10.5. The molecule has 0 aliphatic carbocycles. The van der Waals surface area contributed by atoms with Crippen LogP contribution in [0.3, 0.4) is 0 Å². The van der Waals surface area contributed by atoms with Crippen LogP contribution in [0.1, 0.15) is 30.9 Å². The monoisotopic (exact) mass is 454 g/mol. The van der Waals surface area contributed by atoms with Gasteiger partial charge in [0, 0.05) is 43.0 Å². The molecule has 0 atom stereocenters. The lowest BCUT2D eigenvalue weighted by molar-refractivity contribution is 0.376. The largest absolute Gasteiger partial charge is 0.487 e. The van der Waals surface area contributed by atoms with Crippen molar-refractivity contribution in [2.45, 2.75) is 19.8 Å². The van der Waals surface area contributed by atoms with E-state index in [2.05, 4.69) is 44.6 Å². The average molecular weight is 455 g/mol. The topological polar surface area (TPSA) is 122 Å². The Balaban J connectivity index is 1.57. The molecule has 0 aliphatic rings. The molecular formula is C25H26N8O. The number of fused-ring (bicyclic) bond motifs is 1. The second-order valence-electron chi connectivity index (χ2n) is 7.91. The first kappa shape index (κ1) is 22.8. The van der Waals surface area contributed by atoms with Crippen molar-refractivity contribution in [2.75, 3.05) is 19.0 Å². The Morgan fingerprint density at radius 2 is 1.88 bits per heavy atom. The van der Waals surface area contributed by atoms with Crippen molar-refractivity contribution in [3.63, 3.8) is 0 Å². The van der Waals surface area contributed by atoms with Crippen LogP contribution < -0.4 is 15.4 Å². The van der Waals surface area contributed by atoms with Gasteiger partial charge in [0.25, 0.3) is 0 Å². The van der Waals surface area contributed by atoms with Gasteiger partial charge in [-0.25, -0.2) is 4.98 Å². The SMILES string of the molecule is CN/C=C(\C(=N)COc1ccncc1)c1cnc2ccc(Nc3cc(C(C)C)cnn3)nc2c1. The van der Waals surface area contributed by atoms with Gasteiger partial charge >= 0.3 is 0 Å². The van der Waals surface area contributed by atoms with E-state index in [1.807, 2.05) is 24.3 Å². The summed E-state index contributed by atoms with van der Waals surface area (Å²) in [7, 11) is 1.79. The summed E-state index contributed by atoms with van der Waals surface area (Å²) in [5.74, 6) is 2.27. The molecule has 0 amide bonds. The second-order valence-corrected chi connectivity index (χ2v) is 7.91. The van der Waals surface area contributed by atoms with Gasteiger partial charge in [-0.1, -0.05) is 13.8 Å². The summed E-state index contributed by atoms with van der Waals surface area (Å²) in [5.41, 5.74) is 4.28. The van der Waals surface area contributed by atoms with Crippen LogP contribution >= 0.6 is 0 Å². The van der Waals surface area contributed by atoms with E-state index < -0.39 is 0 Å². The summed E-state index contributed by atoms with van der Waals surface area (Å²) >= 11 is 0. The maximum absolute atomic E-state index is 8.56. The van der Waals surface area contributed by atoms with Crippen LogP contribution in [0, 0.1) is 5.41 Å². The Bertz CT molecular complexity index is 1320. The molecule has 3 N–H and O–H groups in total. The summed E-state index contributed by atoms with van der Waals surface area (Å²) < 4.78 is 5.72. The van der Waals surface area contributed by atoms with Gasteiger partial charge in [0.1, 0.15) is 18.2 Å². The van der Waals surface area contributed by atoms with Gasteiger partial charge in [-0.15, -0.1) is 5.10 Å². The van der Waals surface area contributed by atoms with E-state index in [4.69, 9.17) is 15.1 Å². The lowest BCUT2D eigenvalue weighted by Crippen LogP contribution is -2.14. The molecule has 0 bridgehead atoms. The highest BCUT2D eigenvalue weighted by atomic mass is 16.5.